The molecule has 21 heavy (non-hydrogen) atoms. The van der Waals surface area contributed by atoms with Gasteiger partial charge in [0.15, 0.2) is 11.6 Å². The van der Waals surface area contributed by atoms with Crippen molar-refractivity contribution in [2.45, 2.75) is 26.3 Å². The highest BCUT2D eigenvalue weighted by molar-refractivity contribution is 6.26. The van der Waals surface area contributed by atoms with Gasteiger partial charge in [-0.25, -0.2) is 0 Å². The van der Waals surface area contributed by atoms with E-state index in [2.05, 4.69) is 5.32 Å². The van der Waals surface area contributed by atoms with Crippen molar-refractivity contribution >= 4 is 17.5 Å². The smallest absolute Gasteiger partial charge is 0.236 e. The van der Waals surface area contributed by atoms with Gasteiger partial charge in [0.25, 0.3) is 0 Å². The van der Waals surface area contributed by atoms with Crippen molar-refractivity contribution in [1.29, 1.82) is 0 Å². The van der Waals surface area contributed by atoms with Crippen molar-refractivity contribution < 1.29 is 14.4 Å². The number of nitrogens with two attached hydrogens (primary N) is 1. The second kappa shape index (κ2) is 6.01. The summed E-state index contributed by atoms with van der Waals surface area (Å²) < 4.78 is 0. The third-order valence-electron chi connectivity index (χ3n) is 3.57. The Balaban J connectivity index is 2.17. The molecule has 1 aromatic carbocycles. The van der Waals surface area contributed by atoms with Crippen LogP contribution < -0.4 is 11.1 Å². The SMILES string of the molecule is CC1=C(CCNC(=O)[C@H](C)N)C(=O)c2ccccc2C1=O. The predicted octanol–water partition coefficient (Wildman–Crippen LogP) is 1.24. The van der Waals surface area contributed by atoms with Gasteiger partial charge in [0, 0.05) is 28.8 Å². The molecule has 2 rings (SSSR count). The topological polar surface area (TPSA) is 89.3 Å². The van der Waals surface area contributed by atoms with Crippen LogP contribution in [0.4, 0.5) is 0 Å². The first kappa shape index (κ1) is 15.1. The Bertz CT molecular complexity index is 645. The Kier molecular flexibility index (Phi) is 4.33. The maximum Gasteiger partial charge on any atom is 0.236 e. The normalized spacial score (nSPS) is 15.8. The highest BCUT2D eigenvalue weighted by Gasteiger charge is 2.29. The Hall–Kier alpha value is -2.27. The molecule has 1 atom stereocenters. The van der Waals surface area contributed by atoms with Crippen LogP contribution in [0.15, 0.2) is 35.4 Å². The van der Waals surface area contributed by atoms with E-state index in [1.54, 1.807) is 38.1 Å². The number of hydrogen-bond acceptors (Lipinski definition) is 4. The summed E-state index contributed by atoms with van der Waals surface area (Å²) in [7, 11) is 0. The largest absolute Gasteiger partial charge is 0.354 e. The molecule has 0 radical (unpaired) electrons. The van der Waals surface area contributed by atoms with Crippen LogP contribution in [0.25, 0.3) is 0 Å². The van der Waals surface area contributed by atoms with Crippen LogP contribution in [0.2, 0.25) is 0 Å². The van der Waals surface area contributed by atoms with Gasteiger partial charge < -0.3 is 11.1 Å². The second-order valence-corrected chi connectivity index (χ2v) is 5.14. The maximum atomic E-state index is 12.4. The van der Waals surface area contributed by atoms with Gasteiger partial charge in [-0.2, -0.15) is 0 Å². The van der Waals surface area contributed by atoms with E-state index in [9.17, 15) is 14.4 Å². The maximum absolute atomic E-state index is 12.4. The predicted molar refractivity (Wildman–Crippen MR) is 79.1 cm³/mol. The van der Waals surface area contributed by atoms with Crippen molar-refractivity contribution in [3.8, 4) is 0 Å². The van der Waals surface area contributed by atoms with Gasteiger partial charge in [-0.1, -0.05) is 24.3 Å². The first-order chi connectivity index (χ1) is 9.93. The van der Waals surface area contributed by atoms with E-state index in [1.165, 1.54) is 0 Å². The fourth-order valence-corrected chi connectivity index (χ4v) is 2.32. The number of fused-ring (bicyclic) bond motifs is 1. The molecule has 0 spiro atoms. The molecule has 1 aliphatic carbocycles. The summed E-state index contributed by atoms with van der Waals surface area (Å²) in [6.45, 7) is 3.53. The molecular formula is C16H18N2O3. The van der Waals surface area contributed by atoms with Gasteiger partial charge in [-0.3, -0.25) is 14.4 Å². The summed E-state index contributed by atoms with van der Waals surface area (Å²) in [4.78, 5) is 36.1. The molecule has 3 N–H and O–H groups in total. The van der Waals surface area contributed by atoms with E-state index in [0.29, 0.717) is 28.7 Å². The number of nitrogens with one attached hydrogen (secondary N) is 1. The van der Waals surface area contributed by atoms with Crippen LogP contribution in [0.5, 0.6) is 0 Å². The minimum atomic E-state index is -0.593. The number of ketones is 2. The Labute approximate surface area is 123 Å². The van der Waals surface area contributed by atoms with Gasteiger partial charge in [0.1, 0.15) is 0 Å². The molecule has 110 valence electrons. The van der Waals surface area contributed by atoms with Crippen LogP contribution in [0.3, 0.4) is 0 Å². The van der Waals surface area contributed by atoms with E-state index < -0.39 is 6.04 Å². The minimum Gasteiger partial charge on any atom is -0.354 e. The zero-order chi connectivity index (χ0) is 15.6. The molecule has 0 saturated carbocycles. The van der Waals surface area contributed by atoms with E-state index >= 15 is 0 Å². The molecule has 0 aliphatic heterocycles. The van der Waals surface area contributed by atoms with E-state index in [1.807, 2.05) is 0 Å². The molecule has 0 bridgehead atoms. The fourth-order valence-electron chi connectivity index (χ4n) is 2.32. The van der Waals surface area contributed by atoms with Gasteiger partial charge in [0.2, 0.25) is 5.91 Å². The first-order valence-corrected chi connectivity index (χ1v) is 6.85. The zero-order valence-electron chi connectivity index (χ0n) is 12.1. The highest BCUT2D eigenvalue weighted by Crippen LogP contribution is 2.27. The van der Waals surface area contributed by atoms with E-state index in [0.717, 1.165) is 0 Å². The number of hydrogen-bond donors (Lipinski definition) is 2. The zero-order valence-corrected chi connectivity index (χ0v) is 12.1. The molecule has 1 aliphatic rings. The Morgan fingerprint density at radius 3 is 2.33 bits per heavy atom. The quantitative estimate of drug-likeness (QED) is 0.871. The summed E-state index contributed by atoms with van der Waals surface area (Å²) in [5.41, 5.74) is 7.24. The van der Waals surface area contributed by atoms with Crippen LogP contribution in [0.1, 0.15) is 41.0 Å². The highest BCUT2D eigenvalue weighted by atomic mass is 16.2. The number of benzene rings is 1. The number of carbonyl (C=O) groups excluding carboxylic acids is 3. The fraction of sp³-hybridized carbons (Fsp3) is 0.312. The molecule has 0 fully saturated rings. The lowest BCUT2D eigenvalue weighted by Crippen LogP contribution is -2.39. The average molecular weight is 286 g/mol. The van der Waals surface area contributed by atoms with Crippen LogP contribution in [0, 0.1) is 0 Å². The lowest BCUT2D eigenvalue weighted by molar-refractivity contribution is -0.121. The Morgan fingerprint density at radius 1 is 1.19 bits per heavy atom. The van der Waals surface area contributed by atoms with Gasteiger partial charge in [0.05, 0.1) is 6.04 Å². The second-order valence-electron chi connectivity index (χ2n) is 5.14. The van der Waals surface area contributed by atoms with Crippen molar-refractivity contribution in [2.75, 3.05) is 6.54 Å². The molecule has 0 unspecified atom stereocenters. The monoisotopic (exact) mass is 286 g/mol. The third kappa shape index (κ3) is 2.92. The van der Waals surface area contributed by atoms with Gasteiger partial charge in [-0.05, 0) is 20.3 Å². The first-order valence-electron chi connectivity index (χ1n) is 6.85. The van der Waals surface area contributed by atoms with Crippen molar-refractivity contribution in [3.63, 3.8) is 0 Å². The van der Waals surface area contributed by atoms with Crippen LogP contribution in [-0.2, 0) is 4.79 Å². The number of amides is 1. The van der Waals surface area contributed by atoms with Crippen molar-refractivity contribution in [1.82, 2.24) is 5.32 Å². The Morgan fingerprint density at radius 2 is 1.76 bits per heavy atom. The lowest BCUT2D eigenvalue weighted by atomic mass is 9.83. The number of Topliss-reactive ketones (excluding diaryl/α,β-unsaturated/α-hetero) is 2. The van der Waals surface area contributed by atoms with Crippen molar-refractivity contribution in [2.24, 2.45) is 5.73 Å². The van der Waals surface area contributed by atoms with Crippen molar-refractivity contribution in [3.05, 3.63) is 46.5 Å². The third-order valence-corrected chi connectivity index (χ3v) is 3.57. The number of rotatable bonds is 4. The molecule has 1 amide bonds. The molecule has 0 aromatic heterocycles. The van der Waals surface area contributed by atoms with Gasteiger partial charge >= 0.3 is 0 Å². The number of carbonyl (C=O) groups is 3. The van der Waals surface area contributed by atoms with Crippen LogP contribution >= 0.6 is 0 Å². The van der Waals surface area contributed by atoms with Gasteiger partial charge in [-0.15, -0.1) is 0 Å². The lowest BCUT2D eigenvalue weighted by Gasteiger charge is -2.19. The molecular weight excluding hydrogens is 268 g/mol. The number of allylic oxidation sites excluding steroid dienone is 1. The van der Waals surface area contributed by atoms with E-state index in [-0.39, 0.29) is 24.0 Å². The summed E-state index contributed by atoms with van der Waals surface area (Å²) in [5.74, 6) is -0.542. The summed E-state index contributed by atoms with van der Waals surface area (Å²) in [6, 6.07) is 6.20. The molecule has 0 heterocycles. The standard InChI is InChI=1S/C16H18N2O3/c1-9-11(7-8-18-16(21)10(2)17)15(20)13-6-4-3-5-12(13)14(9)19/h3-6,10H,7-8,17H2,1-2H3,(H,18,21)/t10-/m0/s1. The average Bonchev–Trinajstić information content (AvgIpc) is 2.48. The summed E-state index contributed by atoms with van der Waals surface area (Å²) in [5, 5.41) is 2.65. The molecule has 5 nitrogen and oxygen atoms in total. The molecule has 0 saturated heterocycles. The summed E-state index contributed by atoms with van der Waals surface area (Å²) >= 11 is 0. The summed E-state index contributed by atoms with van der Waals surface area (Å²) in [6.07, 6.45) is 0.323. The minimum absolute atomic E-state index is 0.126. The molecule has 1 aromatic rings. The molecule has 5 heteroatoms. The van der Waals surface area contributed by atoms with Crippen LogP contribution in [-0.4, -0.2) is 30.1 Å². The van der Waals surface area contributed by atoms with E-state index in [4.69, 9.17) is 5.73 Å².